The topological polar surface area (TPSA) is 89.2 Å². The fourth-order valence-electron chi connectivity index (χ4n) is 7.57. The average Bonchev–Trinajstić information content (AvgIpc) is 3.92. The molecule has 0 bridgehead atoms. The van der Waals surface area contributed by atoms with Crippen molar-refractivity contribution in [2.45, 2.75) is 76.9 Å². The van der Waals surface area contributed by atoms with Crippen molar-refractivity contribution in [1.82, 2.24) is 25.6 Å². The Morgan fingerprint density at radius 1 is 0.979 bits per heavy atom. The summed E-state index contributed by atoms with van der Waals surface area (Å²) in [7, 11) is 1.98. The highest BCUT2D eigenvalue weighted by Gasteiger charge is 2.34. The Hall–Kier alpha value is -3.53. The molecule has 250 valence electrons. The van der Waals surface area contributed by atoms with Crippen molar-refractivity contribution in [1.29, 1.82) is 0 Å². The number of halogens is 2. The number of H-pyrrole nitrogens is 1. The van der Waals surface area contributed by atoms with E-state index in [0.717, 1.165) is 68.9 Å². The maximum absolute atomic E-state index is 15.5. The molecular formula is C37H47ClFN7O. The number of hydrogen-bond donors (Lipinski definition) is 3. The number of aromatic amines is 1. The number of piperidine rings is 2. The summed E-state index contributed by atoms with van der Waals surface area (Å²) in [5.41, 5.74) is 7.55. The van der Waals surface area contributed by atoms with Crippen molar-refractivity contribution in [2.24, 2.45) is 5.92 Å². The van der Waals surface area contributed by atoms with Gasteiger partial charge < -0.3 is 25.4 Å². The lowest BCUT2D eigenvalue weighted by Crippen LogP contribution is -2.42. The summed E-state index contributed by atoms with van der Waals surface area (Å²) in [6.45, 7) is 7.96. The molecule has 1 saturated carbocycles. The summed E-state index contributed by atoms with van der Waals surface area (Å²) in [5.74, 6) is 0.553. The Bertz CT molecular complexity index is 1750. The average molecular weight is 660 g/mol. The van der Waals surface area contributed by atoms with Crippen LogP contribution >= 0.6 is 12.4 Å². The van der Waals surface area contributed by atoms with Gasteiger partial charge in [-0.25, -0.2) is 4.39 Å². The molecule has 2 atom stereocenters. The first-order chi connectivity index (χ1) is 22.4. The van der Waals surface area contributed by atoms with Gasteiger partial charge in [0, 0.05) is 79.5 Å². The van der Waals surface area contributed by atoms with Crippen LogP contribution in [0.15, 0.2) is 53.7 Å². The number of fused-ring (bicyclic) bond motifs is 1. The van der Waals surface area contributed by atoms with Crippen LogP contribution < -0.4 is 25.9 Å². The second kappa shape index (κ2) is 14.3. The van der Waals surface area contributed by atoms with Crippen LogP contribution in [0.5, 0.6) is 0 Å². The molecule has 0 amide bonds. The highest BCUT2D eigenvalue weighted by atomic mass is 35.5. The Morgan fingerprint density at radius 2 is 1.77 bits per heavy atom. The van der Waals surface area contributed by atoms with Crippen molar-refractivity contribution in [3.8, 4) is 0 Å². The van der Waals surface area contributed by atoms with E-state index in [1.807, 2.05) is 32.4 Å². The fraction of sp³-hybridized carbons (Fsp3) is 0.486. The molecule has 0 spiro atoms. The van der Waals surface area contributed by atoms with Crippen LogP contribution in [0.1, 0.15) is 78.6 Å². The maximum Gasteiger partial charge on any atom is 0.193 e. The summed E-state index contributed by atoms with van der Waals surface area (Å²) in [6.07, 6.45) is 12.4. The molecule has 7 rings (SSSR count). The Kier molecular flexibility index (Phi) is 10.2. The normalized spacial score (nSPS) is 19.5. The number of anilines is 2. The second-order valence-electron chi connectivity index (χ2n) is 13.6. The quantitative estimate of drug-likeness (QED) is 0.194. The van der Waals surface area contributed by atoms with Crippen LogP contribution in [0, 0.1) is 25.6 Å². The van der Waals surface area contributed by atoms with Crippen molar-refractivity contribution >= 4 is 34.7 Å². The van der Waals surface area contributed by atoms with E-state index in [4.69, 9.17) is 0 Å². The lowest BCUT2D eigenvalue weighted by Gasteiger charge is -2.39. The van der Waals surface area contributed by atoms with Crippen LogP contribution in [0.4, 0.5) is 15.8 Å². The molecule has 2 aliphatic heterocycles. The first kappa shape index (κ1) is 33.4. The molecule has 3 fully saturated rings. The SMILES string of the molecule is CNC1CCN(c2cc3[nH]cc(CNC(c4cc(C)ncc4C4CC4)[C@H]4CCCN(c5ccc(C)nc5)C4)c(=O)c3cc2F)CC1.Cl. The molecule has 8 nitrogen and oxygen atoms in total. The molecule has 3 N–H and O–H groups in total. The summed E-state index contributed by atoms with van der Waals surface area (Å²) in [5, 5.41) is 7.58. The number of rotatable bonds is 9. The molecule has 0 radical (unpaired) electrons. The van der Waals surface area contributed by atoms with Gasteiger partial charge >= 0.3 is 0 Å². The summed E-state index contributed by atoms with van der Waals surface area (Å²) >= 11 is 0. The number of hydrogen-bond acceptors (Lipinski definition) is 7. The summed E-state index contributed by atoms with van der Waals surface area (Å²) in [4.78, 5) is 30.9. The number of aromatic nitrogens is 3. The van der Waals surface area contributed by atoms with Crippen LogP contribution in [-0.2, 0) is 6.54 Å². The third kappa shape index (κ3) is 7.17. The molecule has 1 unspecified atom stereocenters. The molecule has 10 heteroatoms. The Morgan fingerprint density at radius 3 is 2.49 bits per heavy atom. The highest BCUT2D eigenvalue weighted by molar-refractivity contribution is 5.85. The van der Waals surface area contributed by atoms with Gasteiger partial charge in [-0.15, -0.1) is 12.4 Å². The van der Waals surface area contributed by atoms with Crippen molar-refractivity contribution in [3.63, 3.8) is 0 Å². The number of nitrogens with one attached hydrogen (secondary N) is 3. The van der Waals surface area contributed by atoms with E-state index in [9.17, 15) is 4.79 Å². The summed E-state index contributed by atoms with van der Waals surface area (Å²) < 4.78 is 15.5. The zero-order valence-electron chi connectivity index (χ0n) is 27.7. The monoisotopic (exact) mass is 659 g/mol. The van der Waals surface area contributed by atoms with E-state index in [0.29, 0.717) is 46.6 Å². The minimum Gasteiger partial charge on any atom is -0.370 e. The van der Waals surface area contributed by atoms with E-state index in [2.05, 4.69) is 66.7 Å². The van der Waals surface area contributed by atoms with Gasteiger partial charge in [0.2, 0.25) is 0 Å². The first-order valence-electron chi connectivity index (χ1n) is 17.0. The van der Waals surface area contributed by atoms with Crippen LogP contribution in [0.3, 0.4) is 0 Å². The van der Waals surface area contributed by atoms with E-state index >= 15 is 4.39 Å². The predicted molar refractivity (Wildman–Crippen MR) is 191 cm³/mol. The zero-order chi connectivity index (χ0) is 31.8. The molecule has 47 heavy (non-hydrogen) atoms. The van der Waals surface area contributed by atoms with Gasteiger partial charge in [-0.2, -0.15) is 0 Å². The third-order valence-electron chi connectivity index (χ3n) is 10.4. The lowest BCUT2D eigenvalue weighted by molar-refractivity contribution is 0.305. The van der Waals surface area contributed by atoms with Crippen LogP contribution in [-0.4, -0.2) is 54.2 Å². The molecular weight excluding hydrogens is 613 g/mol. The van der Waals surface area contributed by atoms with Gasteiger partial charge in [-0.1, -0.05) is 0 Å². The second-order valence-corrected chi connectivity index (χ2v) is 13.6. The minimum absolute atomic E-state index is 0. The van der Waals surface area contributed by atoms with E-state index in [1.54, 1.807) is 0 Å². The lowest BCUT2D eigenvalue weighted by atomic mass is 9.83. The molecule has 5 heterocycles. The van der Waals surface area contributed by atoms with E-state index in [1.165, 1.54) is 30.0 Å². The number of pyridine rings is 3. The molecule has 1 aliphatic carbocycles. The van der Waals surface area contributed by atoms with E-state index < -0.39 is 0 Å². The fourth-order valence-corrected chi connectivity index (χ4v) is 7.57. The van der Waals surface area contributed by atoms with Gasteiger partial charge in [0.1, 0.15) is 5.82 Å². The van der Waals surface area contributed by atoms with E-state index in [-0.39, 0.29) is 29.7 Å². The van der Waals surface area contributed by atoms with Crippen molar-refractivity contribution < 1.29 is 4.39 Å². The standard InChI is InChI=1S/C37H46FN7O.ClH/c1-23-6-9-29(20-40-23)45-12-4-5-26(22-45)36(30-15-24(2)41-21-32(30)25-7-8-25)43-19-27-18-42-34-17-35(33(38)16-31(34)37(27)46)44-13-10-28(39-3)11-14-44;/h6,9,15-18,20-21,25-26,28,36,39,43H,4-5,7-8,10-14,19,22H2,1-3H3,(H,42,46);1H/t26-,36?;/m0./s1. The molecule has 3 aliphatic rings. The molecule has 4 aromatic rings. The molecule has 3 aromatic heterocycles. The first-order valence-corrected chi connectivity index (χ1v) is 17.0. The van der Waals surface area contributed by atoms with Crippen LogP contribution in [0.2, 0.25) is 0 Å². The zero-order valence-corrected chi connectivity index (χ0v) is 28.5. The molecule has 2 saturated heterocycles. The number of aryl methyl sites for hydroxylation is 2. The highest BCUT2D eigenvalue weighted by Crippen LogP contribution is 2.45. The minimum atomic E-state index is -0.335. The smallest absolute Gasteiger partial charge is 0.193 e. The maximum atomic E-state index is 15.5. The van der Waals surface area contributed by atoms with Crippen LogP contribution in [0.25, 0.3) is 10.9 Å². The Balaban J connectivity index is 0.00000386. The van der Waals surface area contributed by atoms with Gasteiger partial charge in [-0.3, -0.25) is 14.8 Å². The van der Waals surface area contributed by atoms with Crippen molar-refractivity contribution in [2.75, 3.05) is 43.0 Å². The van der Waals surface area contributed by atoms with Gasteiger partial charge in [0.15, 0.2) is 5.43 Å². The largest absolute Gasteiger partial charge is 0.370 e. The van der Waals surface area contributed by atoms with Gasteiger partial charge in [0.05, 0.1) is 23.1 Å². The van der Waals surface area contributed by atoms with Crippen molar-refractivity contribution in [3.05, 3.63) is 93.0 Å². The predicted octanol–water partition coefficient (Wildman–Crippen LogP) is 6.31. The summed E-state index contributed by atoms with van der Waals surface area (Å²) in [6, 6.07) is 10.3. The third-order valence-corrected chi connectivity index (χ3v) is 10.4. The number of nitrogens with zero attached hydrogens (tertiary/aromatic N) is 4. The van der Waals surface area contributed by atoms with Gasteiger partial charge in [-0.05, 0) is 113 Å². The number of benzene rings is 1. The Labute approximate surface area is 283 Å². The molecule has 1 aromatic carbocycles. The van der Waals surface area contributed by atoms with Gasteiger partial charge in [0.25, 0.3) is 0 Å².